The second-order valence-electron chi connectivity index (χ2n) is 3.69. The van der Waals surface area contributed by atoms with Crippen molar-refractivity contribution in [1.82, 2.24) is 15.0 Å². The molecule has 2 aromatic heterocycles. The number of rotatable bonds is 1. The molecule has 1 aromatic carbocycles. The van der Waals surface area contributed by atoms with Crippen LogP contribution in [-0.2, 0) is 7.05 Å². The molecule has 0 fully saturated rings. The SMILES string of the molecule is Cn1ncc(-c2cc(=O)c3ccccc3o2)n1. The molecule has 5 nitrogen and oxygen atoms in total. The molecule has 17 heavy (non-hydrogen) atoms. The van der Waals surface area contributed by atoms with Gasteiger partial charge >= 0.3 is 0 Å². The average Bonchev–Trinajstić information content (AvgIpc) is 2.76. The first-order valence-corrected chi connectivity index (χ1v) is 5.13. The van der Waals surface area contributed by atoms with E-state index in [0.29, 0.717) is 22.4 Å². The number of para-hydroxylation sites is 1. The first-order chi connectivity index (χ1) is 8.24. The van der Waals surface area contributed by atoms with E-state index in [1.807, 2.05) is 6.07 Å². The van der Waals surface area contributed by atoms with Crippen LogP contribution in [0, 0.1) is 0 Å². The van der Waals surface area contributed by atoms with Crippen LogP contribution in [0.25, 0.3) is 22.4 Å². The summed E-state index contributed by atoms with van der Waals surface area (Å²) in [6.45, 7) is 0. The van der Waals surface area contributed by atoms with Gasteiger partial charge in [0.1, 0.15) is 11.3 Å². The van der Waals surface area contributed by atoms with E-state index in [1.165, 1.54) is 10.9 Å². The number of fused-ring (bicyclic) bond motifs is 1. The second kappa shape index (κ2) is 3.55. The van der Waals surface area contributed by atoms with Crippen LogP contribution in [0.15, 0.2) is 45.7 Å². The molecule has 3 rings (SSSR count). The number of hydrogen-bond acceptors (Lipinski definition) is 4. The van der Waals surface area contributed by atoms with Crippen molar-refractivity contribution in [2.24, 2.45) is 7.05 Å². The molecule has 84 valence electrons. The molecule has 0 atom stereocenters. The van der Waals surface area contributed by atoms with Gasteiger partial charge in [-0.3, -0.25) is 4.79 Å². The van der Waals surface area contributed by atoms with Crippen LogP contribution in [-0.4, -0.2) is 15.0 Å². The molecule has 0 bridgehead atoms. The zero-order chi connectivity index (χ0) is 11.8. The van der Waals surface area contributed by atoms with Gasteiger partial charge in [0.25, 0.3) is 0 Å². The van der Waals surface area contributed by atoms with E-state index in [4.69, 9.17) is 4.42 Å². The lowest BCUT2D eigenvalue weighted by atomic mass is 10.2. The summed E-state index contributed by atoms with van der Waals surface area (Å²) >= 11 is 0. The van der Waals surface area contributed by atoms with Gasteiger partial charge in [-0.05, 0) is 12.1 Å². The second-order valence-corrected chi connectivity index (χ2v) is 3.69. The van der Waals surface area contributed by atoms with Gasteiger partial charge in [-0.1, -0.05) is 12.1 Å². The number of hydrogen-bond donors (Lipinski definition) is 0. The third-order valence-electron chi connectivity index (χ3n) is 2.49. The minimum atomic E-state index is -0.0764. The summed E-state index contributed by atoms with van der Waals surface area (Å²) in [6.07, 6.45) is 1.56. The van der Waals surface area contributed by atoms with Gasteiger partial charge in [-0.25, -0.2) is 0 Å². The van der Waals surface area contributed by atoms with Crippen LogP contribution < -0.4 is 5.43 Å². The molecule has 0 aliphatic heterocycles. The lowest BCUT2D eigenvalue weighted by Gasteiger charge is -1.98. The Balaban J connectivity index is 2.29. The van der Waals surface area contributed by atoms with Gasteiger partial charge in [0.2, 0.25) is 0 Å². The lowest BCUT2D eigenvalue weighted by molar-refractivity contribution is 0.608. The fourth-order valence-corrected chi connectivity index (χ4v) is 1.69. The van der Waals surface area contributed by atoms with E-state index in [0.717, 1.165) is 0 Å². The Hall–Kier alpha value is -2.43. The summed E-state index contributed by atoms with van der Waals surface area (Å²) in [5, 5.41) is 8.62. The van der Waals surface area contributed by atoms with Crippen molar-refractivity contribution in [2.45, 2.75) is 0 Å². The van der Waals surface area contributed by atoms with Crippen LogP contribution in [0.2, 0.25) is 0 Å². The fourth-order valence-electron chi connectivity index (χ4n) is 1.69. The number of benzene rings is 1. The first kappa shape index (κ1) is 9.77. The van der Waals surface area contributed by atoms with Crippen LogP contribution >= 0.6 is 0 Å². The Morgan fingerprint density at radius 3 is 2.88 bits per heavy atom. The monoisotopic (exact) mass is 227 g/mol. The van der Waals surface area contributed by atoms with E-state index in [2.05, 4.69) is 10.2 Å². The van der Waals surface area contributed by atoms with Crippen molar-refractivity contribution in [3.63, 3.8) is 0 Å². The van der Waals surface area contributed by atoms with Gasteiger partial charge in [-0.15, -0.1) is 0 Å². The summed E-state index contributed by atoms with van der Waals surface area (Å²) < 4.78 is 5.63. The molecule has 0 N–H and O–H groups in total. The Kier molecular flexibility index (Phi) is 2.04. The van der Waals surface area contributed by atoms with E-state index in [-0.39, 0.29) is 5.43 Å². The number of aryl methyl sites for hydroxylation is 1. The minimum Gasteiger partial charge on any atom is -0.454 e. The zero-order valence-corrected chi connectivity index (χ0v) is 9.12. The number of aromatic nitrogens is 3. The van der Waals surface area contributed by atoms with E-state index in [1.54, 1.807) is 31.4 Å². The smallest absolute Gasteiger partial charge is 0.193 e. The van der Waals surface area contributed by atoms with Crippen molar-refractivity contribution in [3.8, 4) is 11.5 Å². The molecular weight excluding hydrogens is 218 g/mol. The van der Waals surface area contributed by atoms with Gasteiger partial charge < -0.3 is 4.42 Å². The predicted octanol–water partition coefficient (Wildman–Crippen LogP) is 1.59. The lowest BCUT2D eigenvalue weighted by Crippen LogP contribution is -2.00. The van der Waals surface area contributed by atoms with Crippen LogP contribution in [0.1, 0.15) is 0 Å². The van der Waals surface area contributed by atoms with Gasteiger partial charge in [-0.2, -0.15) is 15.0 Å². The maximum Gasteiger partial charge on any atom is 0.193 e. The van der Waals surface area contributed by atoms with Gasteiger partial charge in [0.15, 0.2) is 11.2 Å². The Morgan fingerprint density at radius 1 is 1.29 bits per heavy atom. The van der Waals surface area contributed by atoms with Crippen molar-refractivity contribution in [3.05, 3.63) is 46.8 Å². The van der Waals surface area contributed by atoms with Crippen LogP contribution in [0.3, 0.4) is 0 Å². The molecule has 0 saturated heterocycles. The molecule has 0 unspecified atom stereocenters. The highest BCUT2D eigenvalue weighted by Crippen LogP contribution is 2.19. The van der Waals surface area contributed by atoms with Crippen LogP contribution in [0.4, 0.5) is 0 Å². The summed E-state index contributed by atoms with van der Waals surface area (Å²) in [5.74, 6) is 0.432. The summed E-state index contributed by atoms with van der Waals surface area (Å²) in [7, 11) is 1.71. The molecule has 0 saturated carbocycles. The highest BCUT2D eigenvalue weighted by molar-refractivity contribution is 5.77. The molecule has 0 radical (unpaired) electrons. The molecule has 2 heterocycles. The molecule has 0 aliphatic rings. The summed E-state index contributed by atoms with van der Waals surface area (Å²) in [6, 6.07) is 8.57. The largest absolute Gasteiger partial charge is 0.454 e. The summed E-state index contributed by atoms with van der Waals surface area (Å²) in [5.41, 5.74) is 1.03. The van der Waals surface area contributed by atoms with Crippen LogP contribution in [0.5, 0.6) is 0 Å². The van der Waals surface area contributed by atoms with Gasteiger partial charge in [0, 0.05) is 13.1 Å². The van der Waals surface area contributed by atoms with Crippen molar-refractivity contribution in [1.29, 1.82) is 0 Å². The summed E-state index contributed by atoms with van der Waals surface area (Å²) in [4.78, 5) is 13.3. The third-order valence-corrected chi connectivity index (χ3v) is 2.49. The Labute approximate surface area is 96.3 Å². The fraction of sp³-hybridized carbons (Fsp3) is 0.0833. The van der Waals surface area contributed by atoms with Crippen molar-refractivity contribution >= 4 is 11.0 Å². The maximum atomic E-state index is 11.9. The highest BCUT2D eigenvalue weighted by Gasteiger charge is 2.08. The van der Waals surface area contributed by atoms with Crippen molar-refractivity contribution < 1.29 is 4.42 Å². The average molecular weight is 227 g/mol. The normalized spacial score (nSPS) is 10.9. The molecule has 3 aromatic rings. The highest BCUT2D eigenvalue weighted by atomic mass is 16.3. The zero-order valence-electron chi connectivity index (χ0n) is 9.12. The predicted molar refractivity (Wildman–Crippen MR) is 62.5 cm³/mol. The Morgan fingerprint density at radius 2 is 2.12 bits per heavy atom. The molecule has 0 aliphatic carbocycles. The standard InChI is InChI=1S/C12H9N3O2/c1-15-13-7-9(14-15)12-6-10(16)8-4-2-3-5-11(8)17-12/h2-7H,1H3. The minimum absolute atomic E-state index is 0.0764. The van der Waals surface area contributed by atoms with E-state index < -0.39 is 0 Å². The van der Waals surface area contributed by atoms with E-state index >= 15 is 0 Å². The van der Waals surface area contributed by atoms with Gasteiger partial charge in [0.05, 0.1) is 11.6 Å². The maximum absolute atomic E-state index is 11.9. The Bertz CT molecular complexity index is 743. The molecule has 0 spiro atoms. The molecule has 0 amide bonds. The van der Waals surface area contributed by atoms with E-state index in [9.17, 15) is 4.79 Å². The quantitative estimate of drug-likeness (QED) is 0.633. The third kappa shape index (κ3) is 1.61. The van der Waals surface area contributed by atoms with Crippen molar-refractivity contribution in [2.75, 3.05) is 0 Å². The topological polar surface area (TPSA) is 60.9 Å². The first-order valence-electron chi connectivity index (χ1n) is 5.13. The molecular formula is C12H9N3O2. The number of nitrogens with zero attached hydrogens (tertiary/aromatic N) is 3. The molecule has 5 heteroatoms.